The average molecular weight is 377 g/mol. The number of carbonyl (C=O) groups excluding carboxylic acids is 2. The van der Waals surface area contributed by atoms with Crippen LogP contribution in [-0.4, -0.2) is 35.2 Å². The first kappa shape index (κ1) is 18.0. The molecule has 0 radical (unpaired) electrons. The Hall–Kier alpha value is -1.85. The fourth-order valence-corrected chi connectivity index (χ4v) is 4.47. The lowest BCUT2D eigenvalue weighted by Gasteiger charge is -2.37. The van der Waals surface area contributed by atoms with Crippen LogP contribution in [0.3, 0.4) is 0 Å². The van der Waals surface area contributed by atoms with Crippen molar-refractivity contribution in [2.45, 2.75) is 32.4 Å². The first-order chi connectivity index (χ1) is 12.0. The Labute approximate surface area is 157 Å². The van der Waals surface area contributed by atoms with Crippen LogP contribution < -0.4 is 0 Å². The second-order valence-corrected chi connectivity index (χ2v) is 8.14. The third-order valence-corrected chi connectivity index (χ3v) is 5.85. The van der Waals surface area contributed by atoms with Crippen molar-refractivity contribution in [3.63, 3.8) is 0 Å². The van der Waals surface area contributed by atoms with Gasteiger partial charge >= 0.3 is 0 Å². The summed E-state index contributed by atoms with van der Waals surface area (Å²) in [4.78, 5) is 29.4. The number of carbonyl (C=O) groups is 2. The summed E-state index contributed by atoms with van der Waals surface area (Å²) in [5.41, 5.74) is 2.32. The van der Waals surface area contributed by atoms with E-state index in [0.29, 0.717) is 19.5 Å². The van der Waals surface area contributed by atoms with E-state index in [1.54, 1.807) is 18.9 Å². The quantitative estimate of drug-likeness (QED) is 0.812. The van der Waals surface area contributed by atoms with E-state index in [4.69, 9.17) is 11.6 Å². The SMILES string of the molecule is CC(=O)N1CCc2ccccc2C1CC(=O)N(C)Cc1ccc(Cl)s1. The number of benzene rings is 1. The highest BCUT2D eigenvalue weighted by Gasteiger charge is 2.31. The Morgan fingerprint density at radius 1 is 1.28 bits per heavy atom. The predicted octanol–water partition coefficient (Wildman–Crippen LogP) is 3.90. The summed E-state index contributed by atoms with van der Waals surface area (Å²) < 4.78 is 0.722. The van der Waals surface area contributed by atoms with E-state index in [9.17, 15) is 9.59 Å². The molecule has 0 fully saturated rings. The smallest absolute Gasteiger partial charge is 0.225 e. The Morgan fingerprint density at radius 2 is 2.04 bits per heavy atom. The highest BCUT2D eigenvalue weighted by Crippen LogP contribution is 2.33. The van der Waals surface area contributed by atoms with E-state index in [1.165, 1.54) is 16.9 Å². The number of amides is 2. The molecule has 0 bridgehead atoms. The number of rotatable bonds is 4. The van der Waals surface area contributed by atoms with Crippen LogP contribution in [0, 0.1) is 0 Å². The summed E-state index contributed by atoms with van der Waals surface area (Å²) in [6.45, 7) is 2.77. The van der Waals surface area contributed by atoms with Crippen LogP contribution in [-0.2, 0) is 22.6 Å². The summed E-state index contributed by atoms with van der Waals surface area (Å²) in [5, 5.41) is 0. The molecule has 0 spiro atoms. The zero-order chi connectivity index (χ0) is 18.0. The molecule has 132 valence electrons. The zero-order valence-electron chi connectivity index (χ0n) is 14.4. The molecular formula is C19H21ClN2O2S. The molecule has 1 aromatic carbocycles. The van der Waals surface area contributed by atoms with Crippen molar-refractivity contribution in [1.29, 1.82) is 0 Å². The average Bonchev–Trinajstić information content (AvgIpc) is 2.99. The Bertz CT molecular complexity index is 789. The van der Waals surface area contributed by atoms with E-state index < -0.39 is 0 Å². The van der Waals surface area contributed by atoms with Crippen LogP contribution in [0.25, 0.3) is 0 Å². The fraction of sp³-hybridized carbons (Fsp3) is 0.368. The van der Waals surface area contributed by atoms with Gasteiger partial charge in [-0.3, -0.25) is 9.59 Å². The van der Waals surface area contributed by atoms with Crippen LogP contribution in [0.5, 0.6) is 0 Å². The van der Waals surface area contributed by atoms with Gasteiger partial charge in [0.2, 0.25) is 11.8 Å². The molecule has 2 heterocycles. The standard InChI is InChI=1S/C19H21ClN2O2S/c1-13(23)22-10-9-14-5-3-4-6-16(14)17(22)11-19(24)21(2)12-15-7-8-18(20)25-15/h3-8,17H,9-12H2,1-2H3. The van der Waals surface area contributed by atoms with Crippen molar-refractivity contribution in [1.82, 2.24) is 9.80 Å². The van der Waals surface area contributed by atoms with E-state index >= 15 is 0 Å². The highest BCUT2D eigenvalue weighted by atomic mass is 35.5. The monoisotopic (exact) mass is 376 g/mol. The summed E-state index contributed by atoms with van der Waals surface area (Å²) in [7, 11) is 1.79. The van der Waals surface area contributed by atoms with Gasteiger partial charge in [0.05, 0.1) is 23.3 Å². The second kappa shape index (κ2) is 7.58. The van der Waals surface area contributed by atoms with Gasteiger partial charge < -0.3 is 9.80 Å². The summed E-state index contributed by atoms with van der Waals surface area (Å²) in [5.74, 6) is 0.0393. The number of nitrogens with zero attached hydrogens (tertiary/aromatic N) is 2. The maximum absolute atomic E-state index is 12.8. The molecule has 0 aliphatic carbocycles. The second-order valence-electron chi connectivity index (χ2n) is 6.34. The topological polar surface area (TPSA) is 40.6 Å². The molecule has 1 aliphatic rings. The van der Waals surface area contributed by atoms with Crippen LogP contribution >= 0.6 is 22.9 Å². The van der Waals surface area contributed by atoms with Crippen LogP contribution in [0.4, 0.5) is 0 Å². The van der Waals surface area contributed by atoms with E-state index in [1.807, 2.05) is 35.2 Å². The molecule has 2 aromatic rings. The van der Waals surface area contributed by atoms with Crippen molar-refractivity contribution >= 4 is 34.8 Å². The van der Waals surface area contributed by atoms with E-state index in [-0.39, 0.29) is 17.9 Å². The fourth-order valence-electron chi connectivity index (χ4n) is 3.33. The van der Waals surface area contributed by atoms with Gasteiger partial charge in [0.25, 0.3) is 0 Å². The third-order valence-electron chi connectivity index (χ3n) is 4.63. The predicted molar refractivity (Wildman–Crippen MR) is 101 cm³/mol. The van der Waals surface area contributed by atoms with Gasteiger partial charge in [0.15, 0.2) is 0 Å². The van der Waals surface area contributed by atoms with Gasteiger partial charge in [0.1, 0.15) is 0 Å². The molecule has 1 aliphatic heterocycles. The van der Waals surface area contributed by atoms with Crippen molar-refractivity contribution in [3.8, 4) is 0 Å². The first-order valence-electron chi connectivity index (χ1n) is 8.29. The van der Waals surface area contributed by atoms with Gasteiger partial charge in [-0.1, -0.05) is 35.9 Å². The molecule has 4 nitrogen and oxygen atoms in total. The molecule has 0 saturated carbocycles. The number of fused-ring (bicyclic) bond motifs is 1. The minimum absolute atomic E-state index is 0.0139. The van der Waals surface area contributed by atoms with Crippen molar-refractivity contribution in [3.05, 3.63) is 56.7 Å². The Balaban J connectivity index is 1.76. The lowest BCUT2D eigenvalue weighted by Crippen LogP contribution is -2.41. The van der Waals surface area contributed by atoms with Gasteiger partial charge in [0, 0.05) is 25.4 Å². The molecule has 0 saturated heterocycles. The number of hydrogen-bond acceptors (Lipinski definition) is 3. The van der Waals surface area contributed by atoms with Gasteiger partial charge in [-0.15, -0.1) is 11.3 Å². The first-order valence-corrected chi connectivity index (χ1v) is 9.48. The maximum atomic E-state index is 12.8. The number of hydrogen-bond donors (Lipinski definition) is 0. The molecule has 2 amide bonds. The summed E-state index contributed by atoms with van der Waals surface area (Å²) >= 11 is 7.44. The van der Waals surface area contributed by atoms with Gasteiger partial charge in [-0.05, 0) is 29.7 Å². The highest BCUT2D eigenvalue weighted by molar-refractivity contribution is 7.16. The van der Waals surface area contributed by atoms with Crippen LogP contribution in [0.15, 0.2) is 36.4 Å². The van der Waals surface area contributed by atoms with Gasteiger partial charge in [-0.2, -0.15) is 0 Å². The zero-order valence-corrected chi connectivity index (χ0v) is 15.9. The van der Waals surface area contributed by atoms with Crippen molar-refractivity contribution in [2.24, 2.45) is 0 Å². The molecule has 0 N–H and O–H groups in total. The molecule has 1 aromatic heterocycles. The largest absolute Gasteiger partial charge is 0.341 e. The van der Waals surface area contributed by atoms with E-state index in [0.717, 1.165) is 21.2 Å². The summed E-state index contributed by atoms with van der Waals surface area (Å²) in [6.07, 6.45) is 1.14. The van der Waals surface area contributed by atoms with E-state index in [2.05, 4.69) is 6.07 Å². The number of halogens is 1. The van der Waals surface area contributed by atoms with Crippen molar-refractivity contribution in [2.75, 3.05) is 13.6 Å². The minimum Gasteiger partial charge on any atom is -0.341 e. The molecule has 1 unspecified atom stereocenters. The number of thiophene rings is 1. The molecule has 3 rings (SSSR count). The van der Waals surface area contributed by atoms with Crippen molar-refractivity contribution < 1.29 is 9.59 Å². The Morgan fingerprint density at radius 3 is 2.72 bits per heavy atom. The van der Waals surface area contributed by atoms with Gasteiger partial charge in [-0.25, -0.2) is 0 Å². The third kappa shape index (κ3) is 4.05. The summed E-state index contributed by atoms with van der Waals surface area (Å²) in [6, 6.07) is 11.7. The van der Waals surface area contributed by atoms with Crippen LogP contribution in [0.1, 0.15) is 35.4 Å². The molecular weight excluding hydrogens is 356 g/mol. The molecule has 6 heteroatoms. The lowest BCUT2D eigenvalue weighted by atomic mass is 9.90. The minimum atomic E-state index is -0.190. The maximum Gasteiger partial charge on any atom is 0.225 e. The normalized spacial score (nSPS) is 16.4. The Kier molecular flexibility index (Phi) is 5.45. The molecule has 1 atom stereocenters. The lowest BCUT2D eigenvalue weighted by molar-refractivity contribution is -0.136. The van der Waals surface area contributed by atoms with Crippen LogP contribution in [0.2, 0.25) is 4.34 Å². The molecule has 25 heavy (non-hydrogen) atoms.